The van der Waals surface area contributed by atoms with Crippen LogP contribution in [-0.4, -0.2) is 13.4 Å². The Labute approximate surface area is 124 Å². The Balaban J connectivity index is 3.05. The summed E-state index contributed by atoms with van der Waals surface area (Å²) < 4.78 is 6.35. The second kappa shape index (κ2) is 6.14. The fourth-order valence-corrected chi connectivity index (χ4v) is 2.76. The van der Waals surface area contributed by atoms with Crippen LogP contribution < -0.4 is 4.43 Å². The molecule has 0 amide bonds. The monoisotopic (exact) mass is 292 g/mol. The zero-order valence-electron chi connectivity index (χ0n) is 13.7. The molecule has 1 atom stereocenters. The molecule has 0 unspecified atom stereocenters. The topological polar surface area (TPSA) is 29.5 Å². The summed E-state index contributed by atoms with van der Waals surface area (Å²) in [5, 5.41) is 10.5. The summed E-state index contributed by atoms with van der Waals surface area (Å²) in [5.74, 6) is 0.813. The van der Waals surface area contributed by atoms with Crippen molar-refractivity contribution in [3.63, 3.8) is 0 Å². The highest BCUT2D eigenvalue weighted by atomic mass is 28.4. The highest BCUT2D eigenvalue weighted by Gasteiger charge is 2.39. The third-order valence-corrected chi connectivity index (χ3v) is 8.33. The first kappa shape index (κ1) is 17.0. The van der Waals surface area contributed by atoms with E-state index in [0.29, 0.717) is 6.42 Å². The average molecular weight is 292 g/mol. The Morgan fingerprint density at radius 2 is 1.85 bits per heavy atom. The van der Waals surface area contributed by atoms with Gasteiger partial charge in [-0.25, -0.2) is 0 Å². The minimum absolute atomic E-state index is 0.138. The molecule has 1 rings (SSSR count). The Morgan fingerprint density at radius 3 is 2.35 bits per heavy atom. The molecule has 0 heterocycles. The number of aliphatic hydroxyl groups excluding tert-OH is 1. The average Bonchev–Trinajstić information content (AvgIpc) is 2.26. The van der Waals surface area contributed by atoms with Gasteiger partial charge in [0.1, 0.15) is 5.75 Å². The molecule has 0 bridgehead atoms. The maximum atomic E-state index is 10.3. The van der Waals surface area contributed by atoms with E-state index < -0.39 is 14.4 Å². The first-order chi connectivity index (χ1) is 9.04. The highest BCUT2D eigenvalue weighted by Crippen LogP contribution is 2.39. The van der Waals surface area contributed by atoms with Crippen molar-refractivity contribution in [1.82, 2.24) is 0 Å². The van der Waals surface area contributed by atoms with Crippen molar-refractivity contribution in [1.29, 1.82) is 0 Å². The third-order valence-electron chi connectivity index (χ3n) is 3.99. The zero-order valence-corrected chi connectivity index (χ0v) is 14.7. The van der Waals surface area contributed by atoms with E-state index in [1.54, 1.807) is 0 Å². The molecule has 0 saturated carbocycles. The van der Waals surface area contributed by atoms with Gasteiger partial charge in [0.2, 0.25) is 8.32 Å². The summed E-state index contributed by atoms with van der Waals surface area (Å²) in [6.07, 6.45) is 0.0196. The van der Waals surface area contributed by atoms with Crippen molar-refractivity contribution in [2.75, 3.05) is 0 Å². The third kappa shape index (κ3) is 4.22. The second-order valence-corrected chi connectivity index (χ2v) is 11.8. The standard InChI is InChI=1S/C17H28O2Si/c1-13(2)12-15(18)14-10-8-9-11-16(14)19-20(6,7)17(3,4)5/h8-11,15,18H,1,12H2,2-7H3/t15-/m1/s1. The summed E-state index contributed by atoms with van der Waals surface area (Å²) in [6, 6.07) is 7.79. The lowest BCUT2D eigenvalue weighted by Crippen LogP contribution is -2.44. The van der Waals surface area contributed by atoms with Gasteiger partial charge in [0, 0.05) is 5.56 Å². The van der Waals surface area contributed by atoms with E-state index in [1.165, 1.54) is 0 Å². The molecule has 0 radical (unpaired) electrons. The molecule has 1 aromatic carbocycles. The van der Waals surface area contributed by atoms with Crippen LogP contribution in [0.4, 0.5) is 0 Å². The minimum atomic E-state index is -1.90. The van der Waals surface area contributed by atoms with Crippen molar-refractivity contribution in [2.45, 2.75) is 58.4 Å². The zero-order chi connectivity index (χ0) is 15.6. The van der Waals surface area contributed by atoms with Crippen LogP contribution in [0.15, 0.2) is 36.4 Å². The molecule has 112 valence electrons. The molecule has 1 aromatic rings. The molecular weight excluding hydrogens is 264 g/mol. The van der Waals surface area contributed by atoms with Crippen molar-refractivity contribution < 1.29 is 9.53 Å². The highest BCUT2D eigenvalue weighted by molar-refractivity contribution is 6.74. The van der Waals surface area contributed by atoms with Gasteiger partial charge in [-0.05, 0) is 37.5 Å². The van der Waals surface area contributed by atoms with Crippen molar-refractivity contribution in [3.8, 4) is 5.75 Å². The number of benzene rings is 1. The predicted molar refractivity (Wildman–Crippen MR) is 88.7 cm³/mol. The van der Waals surface area contributed by atoms with Crippen LogP contribution in [0.1, 0.15) is 45.8 Å². The molecule has 0 fully saturated rings. The van der Waals surface area contributed by atoms with E-state index >= 15 is 0 Å². The van der Waals surface area contributed by atoms with Gasteiger partial charge in [-0.1, -0.05) is 44.5 Å². The van der Waals surface area contributed by atoms with E-state index in [1.807, 2.05) is 31.2 Å². The second-order valence-electron chi connectivity index (χ2n) is 7.08. The minimum Gasteiger partial charge on any atom is -0.543 e. The number of aliphatic hydroxyl groups is 1. The number of hydrogen-bond donors (Lipinski definition) is 1. The number of rotatable bonds is 5. The van der Waals surface area contributed by atoms with Crippen LogP contribution >= 0.6 is 0 Å². The van der Waals surface area contributed by atoms with E-state index in [0.717, 1.165) is 16.9 Å². The van der Waals surface area contributed by atoms with E-state index in [2.05, 4.69) is 40.4 Å². The quantitative estimate of drug-likeness (QED) is 0.606. The molecular formula is C17H28O2Si. The lowest BCUT2D eigenvalue weighted by molar-refractivity contribution is 0.175. The van der Waals surface area contributed by atoms with Gasteiger partial charge in [0.25, 0.3) is 0 Å². The maximum Gasteiger partial charge on any atom is 0.250 e. The number of para-hydroxylation sites is 1. The normalized spacial score (nSPS) is 13.9. The van der Waals surface area contributed by atoms with Crippen LogP contribution in [0, 0.1) is 0 Å². The molecule has 0 aliphatic rings. The van der Waals surface area contributed by atoms with Gasteiger partial charge in [0.05, 0.1) is 6.10 Å². The summed E-state index contributed by atoms with van der Waals surface area (Å²) in [4.78, 5) is 0. The molecule has 0 aliphatic carbocycles. The largest absolute Gasteiger partial charge is 0.543 e. The first-order valence-corrected chi connectivity index (χ1v) is 10.1. The Hall–Kier alpha value is -1.06. The fourth-order valence-electron chi connectivity index (χ4n) is 1.72. The van der Waals surface area contributed by atoms with Crippen LogP contribution in [0.2, 0.25) is 18.1 Å². The van der Waals surface area contributed by atoms with Gasteiger partial charge in [-0.15, -0.1) is 6.58 Å². The predicted octanol–water partition coefficient (Wildman–Crippen LogP) is 5.07. The number of hydrogen-bond acceptors (Lipinski definition) is 2. The molecule has 0 aromatic heterocycles. The first-order valence-electron chi connectivity index (χ1n) is 7.15. The Morgan fingerprint density at radius 1 is 1.30 bits per heavy atom. The SMILES string of the molecule is C=C(C)C[C@@H](O)c1ccccc1O[Si](C)(C)C(C)(C)C. The van der Waals surface area contributed by atoms with Gasteiger partial charge in [-0.3, -0.25) is 0 Å². The van der Waals surface area contributed by atoms with Gasteiger partial charge >= 0.3 is 0 Å². The van der Waals surface area contributed by atoms with E-state index in [4.69, 9.17) is 4.43 Å². The molecule has 20 heavy (non-hydrogen) atoms. The lowest BCUT2D eigenvalue weighted by Gasteiger charge is -2.37. The molecule has 3 heteroatoms. The van der Waals surface area contributed by atoms with E-state index in [9.17, 15) is 5.11 Å². The summed E-state index contributed by atoms with van der Waals surface area (Å²) in [6.45, 7) is 16.9. The maximum absolute atomic E-state index is 10.3. The van der Waals surface area contributed by atoms with Gasteiger partial charge < -0.3 is 9.53 Å². The molecule has 2 nitrogen and oxygen atoms in total. The molecule has 0 spiro atoms. The van der Waals surface area contributed by atoms with Crippen molar-refractivity contribution >= 4 is 8.32 Å². The lowest BCUT2D eigenvalue weighted by atomic mass is 10.0. The van der Waals surface area contributed by atoms with Crippen LogP contribution in [-0.2, 0) is 0 Å². The fraction of sp³-hybridized carbons (Fsp3) is 0.529. The van der Waals surface area contributed by atoms with Crippen molar-refractivity contribution in [2.24, 2.45) is 0 Å². The summed E-state index contributed by atoms with van der Waals surface area (Å²) in [5.41, 5.74) is 1.83. The Bertz CT molecular complexity index is 472. The Kier molecular flexibility index (Phi) is 5.22. The van der Waals surface area contributed by atoms with Crippen LogP contribution in [0.3, 0.4) is 0 Å². The van der Waals surface area contributed by atoms with Crippen LogP contribution in [0.25, 0.3) is 0 Å². The molecule has 0 saturated heterocycles. The van der Waals surface area contributed by atoms with Gasteiger partial charge in [0.15, 0.2) is 0 Å². The van der Waals surface area contributed by atoms with Crippen LogP contribution in [0.5, 0.6) is 5.75 Å². The summed E-state index contributed by atoms with van der Waals surface area (Å²) in [7, 11) is -1.90. The molecule has 0 aliphatic heterocycles. The van der Waals surface area contributed by atoms with E-state index in [-0.39, 0.29) is 5.04 Å². The molecule has 1 N–H and O–H groups in total. The van der Waals surface area contributed by atoms with Crippen molar-refractivity contribution in [3.05, 3.63) is 42.0 Å². The van der Waals surface area contributed by atoms with Gasteiger partial charge in [-0.2, -0.15) is 0 Å². The smallest absolute Gasteiger partial charge is 0.250 e. The summed E-state index contributed by atoms with van der Waals surface area (Å²) >= 11 is 0.